The quantitative estimate of drug-likeness (QED) is 0.913. The highest BCUT2D eigenvalue weighted by Crippen LogP contribution is 2.20. The Labute approximate surface area is 119 Å². The molecule has 1 N–H and O–H groups in total. The summed E-state index contributed by atoms with van der Waals surface area (Å²) in [5.74, 6) is 0.730. The highest BCUT2D eigenvalue weighted by atomic mass is 19.1. The van der Waals surface area contributed by atoms with E-state index in [0.717, 1.165) is 11.4 Å². The fraction of sp³-hybridized carbons (Fsp3) is 0.467. The van der Waals surface area contributed by atoms with Gasteiger partial charge in [0, 0.05) is 18.5 Å². The molecule has 0 bridgehead atoms. The van der Waals surface area contributed by atoms with Crippen LogP contribution in [0.2, 0.25) is 0 Å². The Bertz CT molecular complexity index is 577. The van der Waals surface area contributed by atoms with Crippen molar-refractivity contribution in [1.82, 2.24) is 20.1 Å². The molecule has 4 nitrogen and oxygen atoms in total. The van der Waals surface area contributed by atoms with Crippen molar-refractivity contribution in [1.29, 1.82) is 0 Å². The third-order valence-corrected chi connectivity index (χ3v) is 3.47. The number of rotatable bonds is 5. The minimum atomic E-state index is -0.173. The summed E-state index contributed by atoms with van der Waals surface area (Å²) < 4.78 is 15.6. The molecular weight excluding hydrogens is 255 g/mol. The first-order chi connectivity index (χ1) is 9.52. The molecule has 0 aliphatic rings. The molecule has 0 fully saturated rings. The molecule has 0 radical (unpaired) electrons. The molecular formula is C15H21FN4. The van der Waals surface area contributed by atoms with E-state index in [1.165, 1.54) is 0 Å². The lowest BCUT2D eigenvalue weighted by molar-refractivity contribution is 0.476. The average molecular weight is 276 g/mol. The number of hydrogen-bond donors (Lipinski definition) is 1. The van der Waals surface area contributed by atoms with Crippen LogP contribution in [-0.4, -0.2) is 21.8 Å². The van der Waals surface area contributed by atoms with E-state index in [4.69, 9.17) is 0 Å². The number of nitrogens with one attached hydrogen (secondary N) is 1. The Morgan fingerprint density at radius 1 is 1.35 bits per heavy atom. The number of hydrogen-bond acceptors (Lipinski definition) is 3. The van der Waals surface area contributed by atoms with Crippen molar-refractivity contribution in [2.24, 2.45) is 0 Å². The number of likely N-dealkylation sites (N-methyl/N-ethyl adjacent to an activating group) is 1. The van der Waals surface area contributed by atoms with Gasteiger partial charge in [-0.2, -0.15) is 5.10 Å². The Morgan fingerprint density at radius 2 is 2.10 bits per heavy atom. The molecule has 20 heavy (non-hydrogen) atoms. The Morgan fingerprint density at radius 3 is 2.70 bits per heavy atom. The van der Waals surface area contributed by atoms with Crippen LogP contribution in [0.4, 0.5) is 4.39 Å². The highest BCUT2D eigenvalue weighted by Gasteiger charge is 2.16. The summed E-state index contributed by atoms with van der Waals surface area (Å²) in [4.78, 5) is 4.31. The number of aryl methyl sites for hydroxylation is 1. The van der Waals surface area contributed by atoms with Gasteiger partial charge in [0.25, 0.3) is 0 Å². The monoisotopic (exact) mass is 276 g/mol. The van der Waals surface area contributed by atoms with Gasteiger partial charge in [0.2, 0.25) is 0 Å². The van der Waals surface area contributed by atoms with E-state index in [1.807, 2.05) is 23.9 Å². The zero-order valence-electron chi connectivity index (χ0n) is 12.4. The fourth-order valence-electron chi connectivity index (χ4n) is 2.25. The standard InChI is InChI=1S/C15H21FN4/c1-10(2)20-15(18-9-19-20)8-14(17-4)12-6-5-11(3)13(16)7-12/h5-7,9-10,14,17H,8H2,1-4H3. The highest BCUT2D eigenvalue weighted by molar-refractivity contribution is 5.26. The molecule has 0 saturated carbocycles. The summed E-state index contributed by atoms with van der Waals surface area (Å²) in [6, 6.07) is 5.64. The Balaban J connectivity index is 2.24. The summed E-state index contributed by atoms with van der Waals surface area (Å²) in [7, 11) is 1.87. The first kappa shape index (κ1) is 14.7. The number of benzene rings is 1. The molecule has 0 amide bonds. The number of aromatic nitrogens is 3. The SMILES string of the molecule is CNC(Cc1ncnn1C(C)C)c1ccc(C)c(F)c1. The van der Waals surface area contributed by atoms with Crippen LogP contribution >= 0.6 is 0 Å². The maximum Gasteiger partial charge on any atom is 0.138 e. The van der Waals surface area contributed by atoms with Gasteiger partial charge in [-0.3, -0.25) is 0 Å². The van der Waals surface area contributed by atoms with Crippen LogP contribution in [0.3, 0.4) is 0 Å². The fourth-order valence-corrected chi connectivity index (χ4v) is 2.25. The van der Waals surface area contributed by atoms with E-state index >= 15 is 0 Å². The minimum absolute atomic E-state index is 0.0202. The van der Waals surface area contributed by atoms with E-state index < -0.39 is 0 Å². The Hall–Kier alpha value is -1.75. The van der Waals surface area contributed by atoms with Gasteiger partial charge < -0.3 is 5.32 Å². The summed E-state index contributed by atoms with van der Waals surface area (Å²) in [6.07, 6.45) is 2.24. The van der Waals surface area contributed by atoms with Crippen LogP contribution in [0, 0.1) is 12.7 Å². The minimum Gasteiger partial charge on any atom is -0.313 e. The molecule has 1 unspecified atom stereocenters. The predicted octanol–water partition coefficient (Wildman–Crippen LogP) is 2.81. The lowest BCUT2D eigenvalue weighted by atomic mass is 10.0. The van der Waals surface area contributed by atoms with Gasteiger partial charge in [0.1, 0.15) is 18.0 Å². The van der Waals surface area contributed by atoms with Crippen molar-refractivity contribution >= 4 is 0 Å². The molecule has 0 aliphatic heterocycles. The van der Waals surface area contributed by atoms with E-state index in [-0.39, 0.29) is 17.9 Å². The van der Waals surface area contributed by atoms with Gasteiger partial charge >= 0.3 is 0 Å². The van der Waals surface area contributed by atoms with E-state index in [9.17, 15) is 4.39 Å². The lowest BCUT2D eigenvalue weighted by Gasteiger charge is -2.18. The normalized spacial score (nSPS) is 12.9. The van der Waals surface area contributed by atoms with E-state index in [1.54, 1.807) is 19.3 Å². The molecule has 1 heterocycles. The van der Waals surface area contributed by atoms with Gasteiger partial charge in [0.15, 0.2) is 0 Å². The van der Waals surface area contributed by atoms with E-state index in [2.05, 4.69) is 29.2 Å². The average Bonchev–Trinajstić information content (AvgIpc) is 2.87. The number of nitrogens with zero attached hydrogens (tertiary/aromatic N) is 3. The van der Waals surface area contributed by atoms with Crippen LogP contribution in [0.15, 0.2) is 24.5 Å². The van der Waals surface area contributed by atoms with Crippen LogP contribution in [0.25, 0.3) is 0 Å². The van der Waals surface area contributed by atoms with Gasteiger partial charge in [-0.15, -0.1) is 0 Å². The van der Waals surface area contributed by atoms with Crippen LogP contribution in [-0.2, 0) is 6.42 Å². The van der Waals surface area contributed by atoms with Crippen molar-refractivity contribution in [3.63, 3.8) is 0 Å². The molecule has 1 aromatic carbocycles. The van der Waals surface area contributed by atoms with Crippen LogP contribution in [0.1, 0.15) is 42.9 Å². The van der Waals surface area contributed by atoms with Crippen molar-refractivity contribution in [3.8, 4) is 0 Å². The summed E-state index contributed by atoms with van der Waals surface area (Å²) in [6.45, 7) is 5.90. The zero-order chi connectivity index (χ0) is 14.7. The molecule has 0 saturated heterocycles. The van der Waals surface area contributed by atoms with Crippen LogP contribution < -0.4 is 5.32 Å². The first-order valence-electron chi connectivity index (χ1n) is 6.84. The molecule has 2 aromatic rings. The van der Waals surface area contributed by atoms with Gasteiger partial charge in [-0.05, 0) is 45.0 Å². The molecule has 0 aliphatic carbocycles. The molecule has 108 valence electrons. The van der Waals surface area contributed by atoms with E-state index in [0.29, 0.717) is 12.0 Å². The van der Waals surface area contributed by atoms with Crippen molar-refractivity contribution in [3.05, 3.63) is 47.3 Å². The maximum absolute atomic E-state index is 13.7. The third kappa shape index (κ3) is 3.04. The van der Waals surface area contributed by atoms with Gasteiger partial charge in [-0.1, -0.05) is 12.1 Å². The molecule has 5 heteroatoms. The van der Waals surface area contributed by atoms with Gasteiger partial charge in [-0.25, -0.2) is 14.1 Å². The lowest BCUT2D eigenvalue weighted by Crippen LogP contribution is -2.22. The predicted molar refractivity (Wildman–Crippen MR) is 77.0 cm³/mol. The first-order valence-corrected chi connectivity index (χ1v) is 6.84. The second-order valence-electron chi connectivity index (χ2n) is 5.27. The molecule has 2 rings (SSSR count). The van der Waals surface area contributed by atoms with Crippen molar-refractivity contribution < 1.29 is 4.39 Å². The van der Waals surface area contributed by atoms with Crippen molar-refractivity contribution in [2.75, 3.05) is 7.05 Å². The zero-order valence-corrected chi connectivity index (χ0v) is 12.4. The number of halogens is 1. The summed E-state index contributed by atoms with van der Waals surface area (Å²) in [5, 5.41) is 7.45. The maximum atomic E-state index is 13.7. The smallest absolute Gasteiger partial charge is 0.138 e. The molecule has 1 aromatic heterocycles. The third-order valence-electron chi connectivity index (χ3n) is 3.47. The second-order valence-corrected chi connectivity index (χ2v) is 5.27. The second kappa shape index (κ2) is 6.13. The molecule has 1 atom stereocenters. The Kier molecular flexibility index (Phi) is 4.49. The topological polar surface area (TPSA) is 42.7 Å². The largest absolute Gasteiger partial charge is 0.313 e. The van der Waals surface area contributed by atoms with Crippen LogP contribution in [0.5, 0.6) is 0 Å². The molecule has 0 spiro atoms. The van der Waals surface area contributed by atoms with Crippen molar-refractivity contribution in [2.45, 2.75) is 39.3 Å². The summed E-state index contributed by atoms with van der Waals surface area (Å²) in [5.41, 5.74) is 1.59. The van der Waals surface area contributed by atoms with Gasteiger partial charge in [0.05, 0.1) is 0 Å². The summed E-state index contributed by atoms with van der Waals surface area (Å²) >= 11 is 0.